The Morgan fingerprint density at radius 3 is 2.71 bits per heavy atom. The molecule has 0 saturated carbocycles. The van der Waals surface area contributed by atoms with Crippen molar-refractivity contribution in [1.82, 2.24) is 5.43 Å². The van der Waals surface area contributed by atoms with Crippen LogP contribution in [0.1, 0.15) is 15.9 Å². The predicted octanol–water partition coefficient (Wildman–Crippen LogP) is 1.87. The molecule has 0 aliphatic rings. The Morgan fingerprint density at radius 2 is 2.05 bits per heavy atom. The van der Waals surface area contributed by atoms with Gasteiger partial charge in [-0.15, -0.1) is 0 Å². The quantitative estimate of drug-likeness (QED) is 0.591. The molecule has 108 valence electrons. The number of amides is 1. The lowest BCUT2D eigenvalue weighted by molar-refractivity contribution is 0.0954. The molecule has 3 N–H and O–H groups in total. The number of hydrogen-bond donors (Lipinski definition) is 3. The van der Waals surface area contributed by atoms with Gasteiger partial charge < -0.3 is 14.9 Å². The van der Waals surface area contributed by atoms with E-state index in [1.165, 1.54) is 31.5 Å². The number of carbonyl (C=O) groups is 1. The van der Waals surface area contributed by atoms with Crippen LogP contribution < -0.4 is 10.2 Å². The maximum Gasteiger partial charge on any atom is 0.271 e. The summed E-state index contributed by atoms with van der Waals surface area (Å²) in [5.41, 5.74) is 3.23. The molecule has 0 atom stereocenters. The predicted molar refractivity (Wildman–Crippen MR) is 77.8 cm³/mol. The van der Waals surface area contributed by atoms with Gasteiger partial charge >= 0.3 is 0 Å². The van der Waals surface area contributed by atoms with Crippen molar-refractivity contribution in [3.8, 4) is 17.2 Å². The Balaban J connectivity index is 2.02. The second-order valence-electron chi connectivity index (χ2n) is 4.18. The molecule has 0 aliphatic heterocycles. The fraction of sp³-hybridized carbons (Fsp3) is 0.0667. The molecule has 0 saturated heterocycles. The van der Waals surface area contributed by atoms with Crippen molar-refractivity contribution in [3.05, 3.63) is 53.6 Å². The summed E-state index contributed by atoms with van der Waals surface area (Å²) in [5, 5.41) is 22.7. The van der Waals surface area contributed by atoms with Crippen LogP contribution in [-0.4, -0.2) is 29.4 Å². The van der Waals surface area contributed by atoms with E-state index in [0.29, 0.717) is 16.9 Å². The number of methoxy groups -OCH3 is 1. The fourth-order valence-electron chi connectivity index (χ4n) is 1.66. The van der Waals surface area contributed by atoms with Gasteiger partial charge in [0, 0.05) is 5.56 Å². The van der Waals surface area contributed by atoms with E-state index in [4.69, 9.17) is 4.74 Å². The van der Waals surface area contributed by atoms with Crippen LogP contribution >= 0.6 is 0 Å². The number of phenolic OH excluding ortho intramolecular Hbond substituents is 2. The number of hydrazone groups is 1. The van der Waals surface area contributed by atoms with Gasteiger partial charge in [-0.1, -0.05) is 6.07 Å². The van der Waals surface area contributed by atoms with E-state index in [0.717, 1.165) is 0 Å². The molecule has 6 nitrogen and oxygen atoms in total. The van der Waals surface area contributed by atoms with Gasteiger partial charge in [-0.05, 0) is 42.0 Å². The molecular weight excluding hydrogens is 272 g/mol. The molecule has 6 heteroatoms. The van der Waals surface area contributed by atoms with Gasteiger partial charge in [0.15, 0.2) is 11.5 Å². The fourth-order valence-corrected chi connectivity index (χ4v) is 1.66. The average Bonchev–Trinajstić information content (AvgIpc) is 2.47. The number of nitrogens with zero attached hydrogens (tertiary/aromatic N) is 1. The number of hydrogen-bond acceptors (Lipinski definition) is 5. The minimum absolute atomic E-state index is 0.00621. The van der Waals surface area contributed by atoms with Gasteiger partial charge in [-0.3, -0.25) is 4.79 Å². The first kappa shape index (κ1) is 14.4. The van der Waals surface area contributed by atoms with Gasteiger partial charge in [0.05, 0.1) is 13.3 Å². The first-order valence-corrected chi connectivity index (χ1v) is 6.09. The highest BCUT2D eigenvalue weighted by Gasteiger charge is 2.04. The minimum Gasteiger partial charge on any atom is -0.508 e. The van der Waals surface area contributed by atoms with E-state index in [9.17, 15) is 15.0 Å². The van der Waals surface area contributed by atoms with Gasteiger partial charge in [0.2, 0.25) is 0 Å². The summed E-state index contributed by atoms with van der Waals surface area (Å²) < 4.78 is 4.92. The number of rotatable bonds is 4. The normalized spacial score (nSPS) is 10.5. The van der Waals surface area contributed by atoms with Gasteiger partial charge in [0.1, 0.15) is 5.75 Å². The number of nitrogens with one attached hydrogen (secondary N) is 1. The molecular formula is C15H14N2O4. The van der Waals surface area contributed by atoms with E-state index in [2.05, 4.69) is 10.5 Å². The summed E-state index contributed by atoms with van der Waals surface area (Å²) in [4.78, 5) is 11.7. The maximum atomic E-state index is 11.7. The Kier molecular flexibility index (Phi) is 4.40. The second kappa shape index (κ2) is 6.42. The molecule has 0 aromatic heterocycles. The van der Waals surface area contributed by atoms with E-state index in [1.54, 1.807) is 24.3 Å². The summed E-state index contributed by atoms with van der Waals surface area (Å²) in [5.74, 6) is -0.0942. The van der Waals surface area contributed by atoms with Crippen LogP contribution in [0, 0.1) is 0 Å². The number of phenols is 2. The van der Waals surface area contributed by atoms with Crippen LogP contribution in [-0.2, 0) is 0 Å². The maximum absolute atomic E-state index is 11.7. The van der Waals surface area contributed by atoms with E-state index < -0.39 is 5.91 Å². The highest BCUT2D eigenvalue weighted by Crippen LogP contribution is 2.25. The van der Waals surface area contributed by atoms with Crippen molar-refractivity contribution in [2.24, 2.45) is 5.10 Å². The molecule has 0 aliphatic carbocycles. The van der Waals surface area contributed by atoms with Crippen LogP contribution in [0.25, 0.3) is 0 Å². The molecule has 0 spiro atoms. The SMILES string of the molecule is COc1ccc(/C=N/NC(=O)c2cccc(O)c2)cc1O. The van der Waals surface area contributed by atoms with Gasteiger partial charge in [-0.2, -0.15) is 5.10 Å². The minimum atomic E-state index is -0.445. The third kappa shape index (κ3) is 3.73. The highest BCUT2D eigenvalue weighted by molar-refractivity contribution is 5.95. The highest BCUT2D eigenvalue weighted by atomic mass is 16.5. The van der Waals surface area contributed by atoms with Gasteiger partial charge in [-0.25, -0.2) is 5.43 Å². The van der Waals surface area contributed by atoms with Crippen molar-refractivity contribution in [2.45, 2.75) is 0 Å². The molecule has 0 unspecified atom stereocenters. The number of ether oxygens (including phenoxy) is 1. The van der Waals surface area contributed by atoms with Gasteiger partial charge in [0.25, 0.3) is 5.91 Å². The number of carbonyl (C=O) groups excluding carboxylic acids is 1. The zero-order valence-corrected chi connectivity index (χ0v) is 11.3. The van der Waals surface area contributed by atoms with Crippen LogP contribution in [0.15, 0.2) is 47.6 Å². The Bertz CT molecular complexity index is 683. The van der Waals surface area contributed by atoms with Crippen LogP contribution in [0.3, 0.4) is 0 Å². The van der Waals surface area contributed by atoms with Crippen molar-refractivity contribution >= 4 is 12.1 Å². The molecule has 0 fully saturated rings. The van der Waals surface area contributed by atoms with E-state index in [1.807, 2.05) is 0 Å². The zero-order chi connectivity index (χ0) is 15.2. The largest absolute Gasteiger partial charge is 0.508 e. The summed E-state index contributed by atoms with van der Waals surface area (Å²) in [6.45, 7) is 0. The lowest BCUT2D eigenvalue weighted by Crippen LogP contribution is -2.17. The van der Waals surface area contributed by atoms with E-state index >= 15 is 0 Å². The molecule has 21 heavy (non-hydrogen) atoms. The lowest BCUT2D eigenvalue weighted by Gasteiger charge is -2.03. The monoisotopic (exact) mass is 286 g/mol. The molecule has 2 aromatic rings. The third-order valence-corrected chi connectivity index (χ3v) is 2.69. The lowest BCUT2D eigenvalue weighted by atomic mass is 10.2. The Labute approximate surface area is 121 Å². The second-order valence-corrected chi connectivity index (χ2v) is 4.18. The molecule has 2 aromatic carbocycles. The first-order chi connectivity index (χ1) is 10.1. The number of aromatic hydroxyl groups is 2. The summed E-state index contributed by atoms with van der Waals surface area (Å²) >= 11 is 0. The molecule has 0 bridgehead atoms. The standard InChI is InChI=1S/C15H14N2O4/c1-21-14-6-5-10(7-13(14)19)9-16-17-15(20)11-3-2-4-12(18)8-11/h2-9,18-19H,1H3,(H,17,20)/b16-9+. The molecule has 0 heterocycles. The summed E-state index contributed by atoms with van der Waals surface area (Å²) in [6.07, 6.45) is 1.39. The third-order valence-electron chi connectivity index (χ3n) is 2.69. The molecule has 2 rings (SSSR count). The molecule has 0 radical (unpaired) electrons. The average molecular weight is 286 g/mol. The first-order valence-electron chi connectivity index (χ1n) is 6.09. The molecule has 1 amide bonds. The van der Waals surface area contributed by atoms with Crippen LogP contribution in [0.2, 0.25) is 0 Å². The van der Waals surface area contributed by atoms with Crippen molar-refractivity contribution in [2.75, 3.05) is 7.11 Å². The zero-order valence-electron chi connectivity index (χ0n) is 11.3. The summed E-state index contributed by atoms with van der Waals surface area (Å²) in [7, 11) is 1.46. The van der Waals surface area contributed by atoms with E-state index in [-0.39, 0.29) is 11.5 Å². The topological polar surface area (TPSA) is 91.2 Å². The van der Waals surface area contributed by atoms with Crippen molar-refractivity contribution in [3.63, 3.8) is 0 Å². The number of benzene rings is 2. The Hall–Kier alpha value is -3.02. The van der Waals surface area contributed by atoms with Crippen LogP contribution in [0.5, 0.6) is 17.2 Å². The van der Waals surface area contributed by atoms with Crippen LogP contribution in [0.4, 0.5) is 0 Å². The smallest absolute Gasteiger partial charge is 0.271 e. The summed E-state index contributed by atoms with van der Waals surface area (Å²) in [6, 6.07) is 10.7. The van der Waals surface area contributed by atoms with Crippen molar-refractivity contribution in [1.29, 1.82) is 0 Å². The van der Waals surface area contributed by atoms with Crippen molar-refractivity contribution < 1.29 is 19.7 Å². The Morgan fingerprint density at radius 1 is 1.24 bits per heavy atom.